The fourth-order valence-electron chi connectivity index (χ4n) is 4.64. The van der Waals surface area contributed by atoms with E-state index in [1.165, 1.54) is 4.88 Å². The fourth-order valence-corrected chi connectivity index (χ4v) is 6.18. The van der Waals surface area contributed by atoms with Crippen molar-refractivity contribution in [2.24, 2.45) is 16.3 Å². The van der Waals surface area contributed by atoms with Gasteiger partial charge in [0.25, 0.3) is 5.91 Å². The Kier molecular flexibility index (Phi) is 8.29. The second kappa shape index (κ2) is 11.3. The van der Waals surface area contributed by atoms with Gasteiger partial charge in [-0.15, -0.1) is 11.3 Å². The molecule has 1 aliphatic carbocycles. The van der Waals surface area contributed by atoms with Gasteiger partial charge < -0.3 is 19.5 Å². The van der Waals surface area contributed by atoms with Gasteiger partial charge in [0, 0.05) is 32.9 Å². The van der Waals surface area contributed by atoms with Crippen molar-refractivity contribution in [2.75, 3.05) is 26.6 Å². The number of nitrogens with zero attached hydrogens (tertiary/aromatic N) is 1. The third kappa shape index (κ3) is 6.02. The number of benzene rings is 2. The number of methoxy groups -OCH3 is 3. The van der Waals surface area contributed by atoms with E-state index in [4.69, 9.17) is 19.2 Å². The molecular weight excluding hydrogens is 552 g/mol. The van der Waals surface area contributed by atoms with Crippen LogP contribution in [0.1, 0.15) is 53.6 Å². The normalized spacial score (nSPS) is 15.4. The van der Waals surface area contributed by atoms with Gasteiger partial charge in [-0.2, -0.15) is 0 Å². The van der Waals surface area contributed by atoms with Crippen LogP contribution in [0.3, 0.4) is 0 Å². The molecule has 6 nitrogen and oxygen atoms in total. The van der Waals surface area contributed by atoms with E-state index in [9.17, 15) is 4.79 Å². The van der Waals surface area contributed by atoms with Crippen LogP contribution in [0.25, 0.3) is 0 Å². The highest BCUT2D eigenvalue weighted by molar-refractivity contribution is 9.10. The number of carbonyl (C=O) groups excluding carboxylic acids is 1. The summed E-state index contributed by atoms with van der Waals surface area (Å²) in [4.78, 5) is 19.7. The Bertz CT molecular complexity index is 1310. The third-order valence-electron chi connectivity index (χ3n) is 6.86. The fraction of sp³-hybridized carbons (Fsp3) is 0.379. The molecule has 0 saturated heterocycles. The third-order valence-corrected chi connectivity index (χ3v) is 8.55. The van der Waals surface area contributed by atoms with Gasteiger partial charge in [0.1, 0.15) is 10.8 Å². The lowest BCUT2D eigenvalue weighted by Gasteiger charge is -2.33. The first-order valence-corrected chi connectivity index (χ1v) is 13.8. The van der Waals surface area contributed by atoms with E-state index in [0.29, 0.717) is 33.7 Å². The van der Waals surface area contributed by atoms with Gasteiger partial charge in [0.05, 0.1) is 26.9 Å². The van der Waals surface area contributed by atoms with Crippen LogP contribution in [0, 0.1) is 11.3 Å². The monoisotopic (exact) mass is 584 g/mol. The van der Waals surface area contributed by atoms with E-state index >= 15 is 0 Å². The molecule has 37 heavy (non-hydrogen) atoms. The molecule has 0 fully saturated rings. The minimum Gasteiger partial charge on any atom is -0.496 e. The Morgan fingerprint density at radius 3 is 2.32 bits per heavy atom. The van der Waals surface area contributed by atoms with Gasteiger partial charge in [-0.3, -0.25) is 4.79 Å². The number of nitrogens with one attached hydrogen (secondary N) is 1. The van der Waals surface area contributed by atoms with Crippen LogP contribution in [-0.4, -0.2) is 33.5 Å². The van der Waals surface area contributed by atoms with Gasteiger partial charge in [-0.05, 0) is 66.5 Å². The lowest BCUT2D eigenvalue weighted by molar-refractivity contribution is 0.102. The number of amides is 1. The summed E-state index contributed by atoms with van der Waals surface area (Å²) in [5.74, 6) is 2.18. The highest BCUT2D eigenvalue weighted by Gasteiger charge is 2.33. The Morgan fingerprint density at radius 1 is 1.05 bits per heavy atom. The predicted octanol–water partition coefficient (Wildman–Crippen LogP) is 7.69. The lowest BCUT2D eigenvalue weighted by Crippen LogP contribution is -2.27. The minimum absolute atomic E-state index is 0.138. The average Bonchev–Trinajstić information content (AvgIpc) is 3.25. The minimum atomic E-state index is -0.138. The van der Waals surface area contributed by atoms with E-state index in [1.54, 1.807) is 44.9 Å². The Balaban J connectivity index is 1.75. The van der Waals surface area contributed by atoms with Crippen LogP contribution in [0.2, 0.25) is 0 Å². The summed E-state index contributed by atoms with van der Waals surface area (Å²) < 4.78 is 17.4. The van der Waals surface area contributed by atoms with E-state index in [1.807, 2.05) is 30.3 Å². The molecule has 1 aromatic heterocycles. The number of ether oxygens (including phenoxy) is 3. The highest BCUT2D eigenvalue weighted by Crippen LogP contribution is 2.45. The molecule has 1 aliphatic rings. The molecule has 196 valence electrons. The van der Waals surface area contributed by atoms with Crippen molar-refractivity contribution in [3.63, 3.8) is 0 Å². The molecule has 0 saturated carbocycles. The van der Waals surface area contributed by atoms with Crippen molar-refractivity contribution >= 4 is 50.1 Å². The van der Waals surface area contributed by atoms with E-state index in [2.05, 4.69) is 42.0 Å². The van der Waals surface area contributed by atoms with Crippen molar-refractivity contribution in [1.29, 1.82) is 0 Å². The van der Waals surface area contributed by atoms with Gasteiger partial charge in [0.2, 0.25) is 0 Å². The summed E-state index contributed by atoms with van der Waals surface area (Å²) >= 11 is 5.06. The molecular formula is C29H33BrN2O4S. The SMILES string of the molecule is COc1cc(OC)c(OC)cc1C=Nc1sc2c(c1C(=O)Nc1ccc(Br)cc1)CC[C@H](C(C)(C)C)C2. The van der Waals surface area contributed by atoms with Crippen molar-refractivity contribution < 1.29 is 19.0 Å². The van der Waals surface area contributed by atoms with E-state index < -0.39 is 0 Å². The summed E-state index contributed by atoms with van der Waals surface area (Å²) in [6.45, 7) is 6.87. The zero-order valence-electron chi connectivity index (χ0n) is 22.1. The van der Waals surface area contributed by atoms with E-state index in [0.717, 1.165) is 40.5 Å². The number of rotatable bonds is 7. The summed E-state index contributed by atoms with van der Waals surface area (Å²) in [6, 6.07) is 11.2. The van der Waals surface area contributed by atoms with Gasteiger partial charge in [-0.25, -0.2) is 4.99 Å². The second-order valence-corrected chi connectivity index (χ2v) is 12.2. The quantitative estimate of drug-likeness (QED) is 0.289. The molecule has 0 bridgehead atoms. The van der Waals surface area contributed by atoms with Crippen molar-refractivity contribution in [1.82, 2.24) is 0 Å². The highest BCUT2D eigenvalue weighted by atomic mass is 79.9. The molecule has 1 N–H and O–H groups in total. The van der Waals surface area contributed by atoms with Crippen LogP contribution < -0.4 is 19.5 Å². The molecule has 8 heteroatoms. The Morgan fingerprint density at radius 2 is 1.70 bits per heavy atom. The molecule has 0 spiro atoms. The van der Waals surface area contributed by atoms with Crippen molar-refractivity contribution in [3.05, 3.63) is 62.4 Å². The first-order chi connectivity index (χ1) is 17.6. The Hall–Kier alpha value is -2.84. The van der Waals surface area contributed by atoms with Gasteiger partial charge in [0.15, 0.2) is 11.5 Å². The first-order valence-electron chi connectivity index (χ1n) is 12.2. The van der Waals surface area contributed by atoms with Crippen LogP contribution >= 0.6 is 27.3 Å². The molecule has 2 aromatic carbocycles. The second-order valence-electron chi connectivity index (χ2n) is 10.2. The van der Waals surface area contributed by atoms with Crippen molar-refractivity contribution in [3.8, 4) is 17.2 Å². The lowest BCUT2D eigenvalue weighted by atomic mass is 9.72. The Labute approximate surface area is 231 Å². The van der Waals surface area contributed by atoms with Crippen LogP contribution in [-0.2, 0) is 12.8 Å². The molecule has 3 aromatic rings. The van der Waals surface area contributed by atoms with Gasteiger partial charge >= 0.3 is 0 Å². The molecule has 1 amide bonds. The molecule has 1 atom stereocenters. The van der Waals surface area contributed by atoms with Crippen molar-refractivity contribution in [2.45, 2.75) is 40.0 Å². The maximum atomic E-state index is 13.6. The van der Waals surface area contributed by atoms with Crippen LogP contribution in [0.5, 0.6) is 17.2 Å². The summed E-state index contributed by atoms with van der Waals surface area (Å²) in [6.07, 6.45) is 4.61. The number of fused-ring (bicyclic) bond motifs is 1. The summed E-state index contributed by atoms with van der Waals surface area (Å²) in [7, 11) is 4.78. The summed E-state index contributed by atoms with van der Waals surface area (Å²) in [5.41, 5.74) is 3.46. The zero-order chi connectivity index (χ0) is 26.7. The smallest absolute Gasteiger partial charge is 0.259 e. The number of aliphatic imine (C=N–C) groups is 1. The number of carbonyl (C=O) groups is 1. The maximum absolute atomic E-state index is 13.6. The molecule has 1 heterocycles. The average molecular weight is 586 g/mol. The first kappa shape index (κ1) is 27.2. The number of anilines is 1. The number of hydrogen-bond donors (Lipinski definition) is 1. The number of halogens is 1. The maximum Gasteiger partial charge on any atom is 0.259 e. The molecule has 0 radical (unpaired) electrons. The summed E-state index contributed by atoms with van der Waals surface area (Å²) in [5, 5.41) is 3.77. The zero-order valence-corrected chi connectivity index (χ0v) is 24.5. The number of hydrogen-bond acceptors (Lipinski definition) is 6. The molecule has 4 rings (SSSR count). The molecule has 0 aliphatic heterocycles. The van der Waals surface area contributed by atoms with Crippen LogP contribution in [0.15, 0.2) is 45.9 Å². The topological polar surface area (TPSA) is 69.1 Å². The van der Waals surface area contributed by atoms with Crippen LogP contribution in [0.4, 0.5) is 10.7 Å². The predicted molar refractivity (Wildman–Crippen MR) is 155 cm³/mol. The van der Waals surface area contributed by atoms with Gasteiger partial charge in [-0.1, -0.05) is 36.7 Å². The standard InChI is InChI=1S/C29H33BrN2O4S/c1-29(2,3)18-7-12-21-25(14-18)37-28(26(21)27(33)32-20-10-8-19(30)9-11-20)31-16-17-13-23(35-5)24(36-6)15-22(17)34-4/h8-11,13,15-16,18H,7,12,14H2,1-6H3,(H,32,33)/t18-/m0/s1. The largest absolute Gasteiger partial charge is 0.496 e. The van der Waals surface area contributed by atoms with E-state index in [-0.39, 0.29) is 11.3 Å². The number of thiophene rings is 1. The molecule has 0 unspecified atom stereocenters.